The van der Waals surface area contributed by atoms with Crippen LogP contribution in [0.3, 0.4) is 0 Å². The Balaban J connectivity index is 1.50. The third kappa shape index (κ3) is 3.96. The van der Waals surface area contributed by atoms with Crippen molar-refractivity contribution in [3.05, 3.63) is 36.5 Å². The van der Waals surface area contributed by atoms with Crippen LogP contribution in [0.2, 0.25) is 0 Å². The van der Waals surface area contributed by atoms with Gasteiger partial charge in [0.2, 0.25) is 0 Å². The van der Waals surface area contributed by atoms with E-state index in [1.807, 2.05) is 17.8 Å². The first-order valence-corrected chi connectivity index (χ1v) is 10.5. The summed E-state index contributed by atoms with van der Waals surface area (Å²) < 4.78 is 2.37. The normalized spacial score (nSPS) is 19.6. The molecule has 2 saturated heterocycles. The smallest absolute Gasteiger partial charge is 0.136 e. The van der Waals surface area contributed by atoms with Crippen LogP contribution >= 0.6 is 11.9 Å². The van der Waals surface area contributed by atoms with Gasteiger partial charge in [-0.2, -0.15) is 0 Å². The molecule has 0 aromatic carbocycles. The number of hydrogen-bond acceptors (Lipinski definition) is 6. The summed E-state index contributed by atoms with van der Waals surface area (Å²) in [6.45, 7) is 8.19. The molecule has 4 rings (SSSR count). The highest BCUT2D eigenvalue weighted by molar-refractivity contribution is 7.99. The lowest BCUT2D eigenvalue weighted by atomic mass is 10.1. The average Bonchev–Trinajstić information content (AvgIpc) is 2.70. The van der Waals surface area contributed by atoms with Gasteiger partial charge in [-0.25, -0.2) is 14.3 Å². The summed E-state index contributed by atoms with van der Waals surface area (Å²) in [5.41, 5.74) is 0. The zero-order chi connectivity index (χ0) is 17.8. The van der Waals surface area contributed by atoms with E-state index in [9.17, 15) is 0 Å². The first kappa shape index (κ1) is 17.6. The zero-order valence-corrected chi connectivity index (χ0v) is 16.0. The first-order valence-electron chi connectivity index (χ1n) is 9.62. The van der Waals surface area contributed by atoms with E-state index in [0.29, 0.717) is 6.04 Å². The van der Waals surface area contributed by atoms with Gasteiger partial charge in [-0.1, -0.05) is 18.5 Å². The number of pyridine rings is 2. The molecule has 0 bridgehead atoms. The maximum atomic E-state index is 4.70. The number of rotatable bonds is 5. The van der Waals surface area contributed by atoms with Crippen LogP contribution in [0, 0.1) is 0 Å². The second kappa shape index (κ2) is 8.27. The molecule has 2 aromatic heterocycles. The first-order chi connectivity index (χ1) is 12.8. The predicted molar refractivity (Wildman–Crippen MR) is 112 cm³/mol. The van der Waals surface area contributed by atoms with Crippen molar-refractivity contribution in [2.75, 3.05) is 36.4 Å². The van der Waals surface area contributed by atoms with Crippen molar-refractivity contribution in [3.8, 4) is 0 Å². The van der Waals surface area contributed by atoms with Crippen LogP contribution in [0.5, 0.6) is 0 Å². The van der Waals surface area contributed by atoms with Gasteiger partial charge in [0, 0.05) is 55.4 Å². The largest absolute Gasteiger partial charge is 0.367 e. The van der Waals surface area contributed by atoms with Crippen molar-refractivity contribution in [1.82, 2.24) is 14.3 Å². The molecule has 6 heteroatoms. The van der Waals surface area contributed by atoms with Crippen molar-refractivity contribution >= 4 is 34.4 Å². The van der Waals surface area contributed by atoms with Crippen molar-refractivity contribution < 1.29 is 0 Å². The highest BCUT2D eigenvalue weighted by Gasteiger charge is 2.20. The quantitative estimate of drug-likeness (QED) is 0.793. The molecule has 0 aliphatic carbocycles. The van der Waals surface area contributed by atoms with Gasteiger partial charge in [0.25, 0.3) is 0 Å². The number of anilines is 2. The SMILES string of the molecule is C=CSN1CCC(Nc2cc3c(N4CCCCC4)nccc3cn2)CC1. The Morgan fingerprint density at radius 1 is 1.12 bits per heavy atom. The van der Waals surface area contributed by atoms with Crippen LogP contribution < -0.4 is 10.2 Å². The third-order valence-corrected chi connectivity index (χ3v) is 6.12. The van der Waals surface area contributed by atoms with E-state index in [-0.39, 0.29) is 0 Å². The van der Waals surface area contributed by atoms with Crippen molar-refractivity contribution in [2.24, 2.45) is 0 Å². The monoisotopic (exact) mass is 369 g/mol. The second-order valence-electron chi connectivity index (χ2n) is 7.09. The van der Waals surface area contributed by atoms with Gasteiger partial charge in [0.1, 0.15) is 11.6 Å². The van der Waals surface area contributed by atoms with Gasteiger partial charge >= 0.3 is 0 Å². The maximum Gasteiger partial charge on any atom is 0.136 e. The lowest BCUT2D eigenvalue weighted by Crippen LogP contribution is -2.35. The fraction of sp³-hybridized carbons (Fsp3) is 0.500. The molecule has 2 aliphatic rings. The van der Waals surface area contributed by atoms with Gasteiger partial charge in [-0.15, -0.1) is 0 Å². The lowest BCUT2D eigenvalue weighted by Gasteiger charge is -2.31. The van der Waals surface area contributed by atoms with Gasteiger partial charge in [0.05, 0.1) is 0 Å². The Bertz CT molecular complexity index is 751. The van der Waals surface area contributed by atoms with Crippen LogP contribution in [-0.2, 0) is 0 Å². The van der Waals surface area contributed by atoms with E-state index in [1.54, 1.807) is 11.9 Å². The number of aromatic nitrogens is 2. The van der Waals surface area contributed by atoms with Crippen molar-refractivity contribution in [1.29, 1.82) is 0 Å². The van der Waals surface area contributed by atoms with Gasteiger partial charge in [0.15, 0.2) is 0 Å². The number of nitrogens with one attached hydrogen (secondary N) is 1. The van der Waals surface area contributed by atoms with E-state index in [4.69, 9.17) is 4.98 Å². The lowest BCUT2D eigenvalue weighted by molar-refractivity contribution is 0.359. The molecule has 2 fully saturated rings. The molecular formula is C20H27N5S. The van der Waals surface area contributed by atoms with Crippen molar-refractivity contribution in [2.45, 2.75) is 38.1 Å². The molecule has 1 N–H and O–H groups in total. The molecule has 0 radical (unpaired) electrons. The topological polar surface area (TPSA) is 44.3 Å². The molecule has 4 heterocycles. The minimum atomic E-state index is 0.483. The molecule has 0 amide bonds. The summed E-state index contributed by atoms with van der Waals surface area (Å²) in [5, 5.41) is 7.94. The summed E-state index contributed by atoms with van der Waals surface area (Å²) in [7, 11) is 0. The highest BCUT2D eigenvalue weighted by atomic mass is 32.2. The third-order valence-electron chi connectivity index (χ3n) is 5.31. The van der Waals surface area contributed by atoms with Crippen LogP contribution in [0.25, 0.3) is 10.8 Å². The maximum absolute atomic E-state index is 4.70. The van der Waals surface area contributed by atoms with E-state index < -0.39 is 0 Å². The van der Waals surface area contributed by atoms with E-state index >= 15 is 0 Å². The fourth-order valence-corrected chi connectivity index (χ4v) is 4.54. The molecule has 2 aromatic rings. The van der Waals surface area contributed by atoms with Crippen LogP contribution in [0.4, 0.5) is 11.6 Å². The number of nitrogens with zero attached hydrogens (tertiary/aromatic N) is 4. The summed E-state index contributed by atoms with van der Waals surface area (Å²) in [4.78, 5) is 11.8. The Kier molecular flexibility index (Phi) is 5.60. The molecule has 0 unspecified atom stereocenters. The fourth-order valence-electron chi connectivity index (χ4n) is 3.91. The second-order valence-corrected chi connectivity index (χ2v) is 8.15. The van der Waals surface area contributed by atoms with Crippen LogP contribution in [0.15, 0.2) is 36.5 Å². The molecule has 0 saturated carbocycles. The van der Waals surface area contributed by atoms with E-state index in [2.05, 4.69) is 38.2 Å². The molecule has 138 valence electrons. The summed E-state index contributed by atoms with van der Waals surface area (Å²) >= 11 is 1.72. The van der Waals surface area contributed by atoms with Crippen LogP contribution in [-0.4, -0.2) is 46.5 Å². The molecule has 0 atom stereocenters. The number of fused-ring (bicyclic) bond motifs is 1. The number of hydrogen-bond donors (Lipinski definition) is 1. The van der Waals surface area contributed by atoms with Gasteiger partial charge in [-0.3, -0.25) is 0 Å². The minimum Gasteiger partial charge on any atom is -0.367 e. The Morgan fingerprint density at radius 2 is 1.92 bits per heavy atom. The van der Waals surface area contributed by atoms with Gasteiger partial charge < -0.3 is 10.2 Å². The summed E-state index contributed by atoms with van der Waals surface area (Å²) in [6.07, 6.45) is 10.0. The summed E-state index contributed by atoms with van der Waals surface area (Å²) in [5.74, 6) is 2.09. The Hall–Kier alpha value is -1.79. The Labute approximate surface area is 160 Å². The van der Waals surface area contributed by atoms with E-state index in [0.717, 1.165) is 50.7 Å². The summed E-state index contributed by atoms with van der Waals surface area (Å²) in [6, 6.07) is 4.73. The highest BCUT2D eigenvalue weighted by Crippen LogP contribution is 2.29. The standard InChI is InChI=1S/C20H27N5S/c1-2-26-25-12-7-17(8-13-25)23-19-14-18-16(15-22-19)6-9-21-20(18)24-10-4-3-5-11-24/h2,6,9,14-15,17H,1,3-5,7-8,10-13H2,(H,22,23). The zero-order valence-electron chi connectivity index (χ0n) is 15.2. The predicted octanol–water partition coefficient (Wildman–Crippen LogP) is 4.29. The molecular weight excluding hydrogens is 342 g/mol. The van der Waals surface area contributed by atoms with Gasteiger partial charge in [-0.05, 0) is 49.6 Å². The average molecular weight is 370 g/mol. The van der Waals surface area contributed by atoms with Crippen LogP contribution in [0.1, 0.15) is 32.1 Å². The molecule has 5 nitrogen and oxygen atoms in total. The van der Waals surface area contributed by atoms with Crippen molar-refractivity contribution in [3.63, 3.8) is 0 Å². The number of piperidine rings is 2. The molecule has 0 spiro atoms. The minimum absolute atomic E-state index is 0.483. The molecule has 26 heavy (non-hydrogen) atoms. The van der Waals surface area contributed by atoms with E-state index in [1.165, 1.54) is 30.0 Å². The molecule has 2 aliphatic heterocycles. The Morgan fingerprint density at radius 3 is 2.69 bits per heavy atom.